The van der Waals surface area contributed by atoms with Crippen molar-refractivity contribution in [2.24, 2.45) is 0 Å². The lowest BCUT2D eigenvalue weighted by atomic mass is 10.2. The van der Waals surface area contributed by atoms with E-state index in [2.05, 4.69) is 10.3 Å². The smallest absolute Gasteiger partial charge is 0.255 e. The second-order valence-electron chi connectivity index (χ2n) is 4.83. The number of ether oxygens (including phenoxy) is 1. The molecule has 2 aromatic carbocycles. The molecule has 22 heavy (non-hydrogen) atoms. The highest BCUT2D eigenvalue weighted by atomic mass is 16.5. The van der Waals surface area contributed by atoms with Crippen LogP contribution in [-0.4, -0.2) is 17.5 Å². The van der Waals surface area contributed by atoms with Gasteiger partial charge >= 0.3 is 0 Å². The third kappa shape index (κ3) is 2.93. The molecule has 112 valence electrons. The molecule has 0 aliphatic rings. The summed E-state index contributed by atoms with van der Waals surface area (Å²) in [5.74, 6) is 1.17. The van der Waals surface area contributed by atoms with E-state index in [-0.39, 0.29) is 5.91 Å². The van der Waals surface area contributed by atoms with Gasteiger partial charge in [-0.3, -0.25) is 4.79 Å². The number of oxazole rings is 1. The van der Waals surface area contributed by atoms with Crippen molar-refractivity contribution in [2.75, 3.05) is 11.9 Å². The van der Waals surface area contributed by atoms with Gasteiger partial charge < -0.3 is 14.5 Å². The second-order valence-corrected chi connectivity index (χ2v) is 4.83. The van der Waals surface area contributed by atoms with Gasteiger partial charge in [-0.1, -0.05) is 0 Å². The van der Waals surface area contributed by atoms with E-state index in [4.69, 9.17) is 9.15 Å². The van der Waals surface area contributed by atoms with Crippen molar-refractivity contribution in [1.29, 1.82) is 0 Å². The summed E-state index contributed by atoms with van der Waals surface area (Å²) in [5.41, 5.74) is 2.60. The summed E-state index contributed by atoms with van der Waals surface area (Å²) in [6.07, 6.45) is 0. The summed E-state index contributed by atoms with van der Waals surface area (Å²) in [6.45, 7) is 4.32. The van der Waals surface area contributed by atoms with E-state index < -0.39 is 0 Å². The number of hydrogen-bond acceptors (Lipinski definition) is 4. The molecule has 0 saturated carbocycles. The van der Waals surface area contributed by atoms with E-state index in [0.717, 1.165) is 5.75 Å². The van der Waals surface area contributed by atoms with Crippen LogP contribution >= 0.6 is 0 Å². The van der Waals surface area contributed by atoms with Crippen LogP contribution in [0.25, 0.3) is 11.1 Å². The first-order valence-corrected chi connectivity index (χ1v) is 7.07. The minimum Gasteiger partial charge on any atom is -0.494 e. The number of carbonyl (C=O) groups is 1. The maximum atomic E-state index is 12.3. The third-order valence-electron chi connectivity index (χ3n) is 3.18. The van der Waals surface area contributed by atoms with E-state index in [1.165, 1.54) is 0 Å². The van der Waals surface area contributed by atoms with E-state index in [1.807, 2.05) is 31.2 Å². The van der Waals surface area contributed by atoms with E-state index >= 15 is 0 Å². The van der Waals surface area contributed by atoms with Gasteiger partial charge in [0.15, 0.2) is 11.5 Å². The molecule has 5 nitrogen and oxygen atoms in total. The zero-order valence-corrected chi connectivity index (χ0v) is 12.4. The minimum atomic E-state index is -0.188. The van der Waals surface area contributed by atoms with Gasteiger partial charge in [0.2, 0.25) is 0 Å². The first kappa shape index (κ1) is 14.1. The fourth-order valence-corrected chi connectivity index (χ4v) is 2.19. The number of rotatable bonds is 4. The fraction of sp³-hybridized carbons (Fsp3) is 0.176. The largest absolute Gasteiger partial charge is 0.494 e. The van der Waals surface area contributed by atoms with Crippen LogP contribution in [0.3, 0.4) is 0 Å². The quantitative estimate of drug-likeness (QED) is 0.795. The number of carbonyl (C=O) groups excluding carboxylic acids is 1. The second kappa shape index (κ2) is 5.89. The molecule has 0 atom stereocenters. The van der Waals surface area contributed by atoms with E-state index in [9.17, 15) is 4.79 Å². The molecule has 0 fully saturated rings. The number of hydrogen-bond donors (Lipinski definition) is 1. The topological polar surface area (TPSA) is 64.4 Å². The summed E-state index contributed by atoms with van der Waals surface area (Å²) in [4.78, 5) is 16.5. The van der Waals surface area contributed by atoms with Gasteiger partial charge in [0.05, 0.1) is 6.61 Å². The number of nitrogens with zero attached hydrogens (tertiary/aromatic N) is 1. The SMILES string of the molecule is CCOc1ccc(NC(=O)c2ccc3oc(C)nc3c2)cc1. The van der Waals surface area contributed by atoms with Crippen molar-refractivity contribution in [3.63, 3.8) is 0 Å². The molecule has 5 heteroatoms. The zero-order valence-electron chi connectivity index (χ0n) is 12.4. The predicted molar refractivity (Wildman–Crippen MR) is 84.3 cm³/mol. The molecule has 0 unspecified atom stereocenters. The Labute approximate surface area is 127 Å². The highest BCUT2D eigenvalue weighted by Gasteiger charge is 2.09. The molecule has 1 aromatic heterocycles. The molecular formula is C17H16N2O3. The van der Waals surface area contributed by atoms with E-state index in [0.29, 0.717) is 34.8 Å². The number of fused-ring (bicyclic) bond motifs is 1. The Balaban J connectivity index is 1.77. The van der Waals surface area contributed by atoms with Crippen molar-refractivity contribution in [1.82, 2.24) is 4.98 Å². The normalized spacial score (nSPS) is 10.6. The van der Waals surface area contributed by atoms with Gasteiger partial charge in [0.1, 0.15) is 11.3 Å². The summed E-state index contributed by atoms with van der Waals surface area (Å²) >= 11 is 0. The molecule has 1 N–H and O–H groups in total. The van der Waals surface area contributed by atoms with E-state index in [1.54, 1.807) is 25.1 Å². The molecule has 0 saturated heterocycles. The Morgan fingerprint density at radius 3 is 2.73 bits per heavy atom. The molecule has 0 aliphatic heterocycles. The Kier molecular flexibility index (Phi) is 3.78. The molecule has 0 aliphatic carbocycles. The summed E-state index contributed by atoms with van der Waals surface area (Å²) in [5, 5.41) is 2.85. The third-order valence-corrected chi connectivity index (χ3v) is 3.18. The number of nitrogens with one attached hydrogen (secondary N) is 1. The monoisotopic (exact) mass is 296 g/mol. The predicted octanol–water partition coefficient (Wildman–Crippen LogP) is 3.79. The van der Waals surface area contributed by atoms with Crippen molar-refractivity contribution >= 4 is 22.7 Å². The average Bonchev–Trinajstić information content (AvgIpc) is 2.88. The number of benzene rings is 2. The molecule has 0 spiro atoms. The van der Waals surface area contributed by atoms with Gasteiger partial charge in [-0.25, -0.2) is 4.98 Å². The van der Waals surface area contributed by atoms with Crippen LogP contribution in [-0.2, 0) is 0 Å². The van der Waals surface area contributed by atoms with Crippen LogP contribution in [0.1, 0.15) is 23.2 Å². The van der Waals surface area contributed by atoms with Crippen LogP contribution in [0, 0.1) is 6.92 Å². The number of aryl methyl sites for hydroxylation is 1. The Morgan fingerprint density at radius 1 is 1.23 bits per heavy atom. The number of aromatic nitrogens is 1. The first-order valence-electron chi connectivity index (χ1n) is 7.07. The first-order chi connectivity index (χ1) is 10.7. The molecule has 3 rings (SSSR count). The molecule has 0 radical (unpaired) electrons. The highest BCUT2D eigenvalue weighted by molar-refractivity contribution is 6.05. The summed E-state index contributed by atoms with van der Waals surface area (Å²) in [7, 11) is 0. The lowest BCUT2D eigenvalue weighted by Crippen LogP contribution is -2.11. The Hall–Kier alpha value is -2.82. The fourth-order valence-electron chi connectivity index (χ4n) is 2.19. The standard InChI is InChI=1S/C17H16N2O3/c1-3-21-14-7-5-13(6-8-14)19-17(20)12-4-9-16-15(10-12)18-11(2)22-16/h4-10H,3H2,1-2H3,(H,19,20). The van der Waals surface area contributed by atoms with Crippen molar-refractivity contribution in [3.05, 3.63) is 53.9 Å². The van der Waals surface area contributed by atoms with Gasteiger partial charge in [-0.15, -0.1) is 0 Å². The zero-order chi connectivity index (χ0) is 15.5. The maximum Gasteiger partial charge on any atom is 0.255 e. The number of anilines is 1. The minimum absolute atomic E-state index is 0.188. The lowest BCUT2D eigenvalue weighted by molar-refractivity contribution is 0.102. The molecular weight excluding hydrogens is 280 g/mol. The van der Waals surface area contributed by atoms with Gasteiger partial charge in [0, 0.05) is 18.2 Å². The Morgan fingerprint density at radius 2 is 2.00 bits per heavy atom. The van der Waals surface area contributed by atoms with Crippen molar-refractivity contribution < 1.29 is 13.9 Å². The highest BCUT2D eigenvalue weighted by Crippen LogP contribution is 2.19. The van der Waals surface area contributed by atoms with Crippen LogP contribution < -0.4 is 10.1 Å². The van der Waals surface area contributed by atoms with Gasteiger partial charge in [-0.2, -0.15) is 0 Å². The van der Waals surface area contributed by atoms with Crippen LogP contribution in [0.4, 0.5) is 5.69 Å². The maximum absolute atomic E-state index is 12.3. The summed E-state index contributed by atoms with van der Waals surface area (Å²) in [6, 6.07) is 12.4. The lowest BCUT2D eigenvalue weighted by Gasteiger charge is -2.07. The molecule has 0 bridgehead atoms. The Bertz CT molecular complexity index is 806. The van der Waals surface area contributed by atoms with Crippen LogP contribution in [0.15, 0.2) is 46.9 Å². The van der Waals surface area contributed by atoms with Crippen molar-refractivity contribution in [2.45, 2.75) is 13.8 Å². The number of amides is 1. The molecule has 1 amide bonds. The molecule has 1 heterocycles. The van der Waals surface area contributed by atoms with Crippen LogP contribution in [0.5, 0.6) is 5.75 Å². The summed E-state index contributed by atoms with van der Waals surface area (Å²) < 4.78 is 10.8. The average molecular weight is 296 g/mol. The van der Waals surface area contributed by atoms with Gasteiger partial charge in [-0.05, 0) is 49.4 Å². The van der Waals surface area contributed by atoms with Crippen molar-refractivity contribution in [3.8, 4) is 5.75 Å². The van der Waals surface area contributed by atoms with Gasteiger partial charge in [0.25, 0.3) is 5.91 Å². The molecule has 3 aromatic rings. The van der Waals surface area contributed by atoms with Crippen LogP contribution in [0.2, 0.25) is 0 Å².